The summed E-state index contributed by atoms with van der Waals surface area (Å²) in [5, 5.41) is 12.5. The summed E-state index contributed by atoms with van der Waals surface area (Å²) in [7, 11) is 0. The SMILES string of the molecule is O=C(O)c1ccc(N(Cc2ccccc2)C2CCNCC2)cc1. The van der Waals surface area contributed by atoms with E-state index in [4.69, 9.17) is 5.11 Å². The predicted octanol–water partition coefficient (Wildman–Crippen LogP) is 3.14. The van der Waals surface area contributed by atoms with Crippen molar-refractivity contribution >= 4 is 11.7 Å². The van der Waals surface area contributed by atoms with Crippen molar-refractivity contribution in [3.63, 3.8) is 0 Å². The molecule has 3 rings (SSSR count). The minimum absolute atomic E-state index is 0.332. The van der Waals surface area contributed by atoms with Crippen molar-refractivity contribution < 1.29 is 9.90 Å². The standard InChI is InChI=1S/C19H22N2O2/c22-19(23)16-6-8-17(9-7-16)21(18-10-12-20-13-11-18)14-15-4-2-1-3-5-15/h1-9,18,20H,10-14H2,(H,22,23). The molecule has 120 valence electrons. The van der Waals surface area contributed by atoms with Gasteiger partial charge in [0.15, 0.2) is 0 Å². The van der Waals surface area contributed by atoms with Crippen molar-refractivity contribution in [1.29, 1.82) is 0 Å². The number of anilines is 1. The van der Waals surface area contributed by atoms with Crippen LogP contribution in [0, 0.1) is 0 Å². The molecule has 1 aliphatic heterocycles. The highest BCUT2D eigenvalue weighted by atomic mass is 16.4. The van der Waals surface area contributed by atoms with E-state index in [-0.39, 0.29) is 0 Å². The van der Waals surface area contributed by atoms with Gasteiger partial charge in [-0.05, 0) is 55.8 Å². The molecule has 0 aliphatic carbocycles. The van der Waals surface area contributed by atoms with Crippen molar-refractivity contribution in [2.75, 3.05) is 18.0 Å². The van der Waals surface area contributed by atoms with Gasteiger partial charge in [-0.2, -0.15) is 0 Å². The van der Waals surface area contributed by atoms with Gasteiger partial charge in [0.2, 0.25) is 0 Å². The lowest BCUT2D eigenvalue weighted by Gasteiger charge is -2.36. The van der Waals surface area contributed by atoms with Crippen LogP contribution in [0.25, 0.3) is 0 Å². The fourth-order valence-electron chi connectivity index (χ4n) is 3.13. The first-order valence-electron chi connectivity index (χ1n) is 8.08. The molecular formula is C19H22N2O2. The average Bonchev–Trinajstić information content (AvgIpc) is 2.61. The van der Waals surface area contributed by atoms with E-state index in [0.717, 1.165) is 38.2 Å². The van der Waals surface area contributed by atoms with Crippen LogP contribution in [0.1, 0.15) is 28.8 Å². The summed E-state index contributed by atoms with van der Waals surface area (Å²) < 4.78 is 0. The number of hydrogen-bond donors (Lipinski definition) is 2. The molecule has 0 saturated carbocycles. The van der Waals surface area contributed by atoms with Crippen molar-refractivity contribution in [3.8, 4) is 0 Å². The molecule has 1 heterocycles. The average molecular weight is 310 g/mol. The molecule has 1 fully saturated rings. The second-order valence-electron chi connectivity index (χ2n) is 5.95. The molecule has 0 unspecified atom stereocenters. The molecule has 23 heavy (non-hydrogen) atoms. The molecule has 0 bridgehead atoms. The van der Waals surface area contributed by atoms with E-state index in [0.29, 0.717) is 11.6 Å². The number of carboxylic acids is 1. The summed E-state index contributed by atoms with van der Waals surface area (Å²) >= 11 is 0. The van der Waals surface area contributed by atoms with Crippen molar-refractivity contribution in [2.45, 2.75) is 25.4 Å². The maximum Gasteiger partial charge on any atom is 0.335 e. The zero-order chi connectivity index (χ0) is 16.1. The summed E-state index contributed by atoms with van der Waals surface area (Å²) in [4.78, 5) is 13.5. The van der Waals surface area contributed by atoms with Crippen LogP contribution in [0.2, 0.25) is 0 Å². The van der Waals surface area contributed by atoms with Crippen LogP contribution in [0.3, 0.4) is 0 Å². The number of carbonyl (C=O) groups is 1. The Balaban J connectivity index is 1.85. The van der Waals surface area contributed by atoms with E-state index in [9.17, 15) is 4.79 Å². The van der Waals surface area contributed by atoms with Gasteiger partial charge >= 0.3 is 5.97 Å². The Morgan fingerprint density at radius 1 is 1.04 bits per heavy atom. The first-order valence-corrected chi connectivity index (χ1v) is 8.08. The van der Waals surface area contributed by atoms with Crippen molar-refractivity contribution in [2.24, 2.45) is 0 Å². The summed E-state index contributed by atoms with van der Waals surface area (Å²) in [6.45, 7) is 2.91. The third kappa shape index (κ3) is 3.90. The maximum absolute atomic E-state index is 11.1. The molecule has 0 aromatic heterocycles. The van der Waals surface area contributed by atoms with Gasteiger partial charge in [-0.25, -0.2) is 4.79 Å². The third-order valence-electron chi connectivity index (χ3n) is 4.39. The van der Waals surface area contributed by atoms with Crippen molar-refractivity contribution in [1.82, 2.24) is 5.32 Å². The lowest BCUT2D eigenvalue weighted by atomic mass is 10.0. The fraction of sp³-hybridized carbons (Fsp3) is 0.316. The van der Waals surface area contributed by atoms with Crippen molar-refractivity contribution in [3.05, 3.63) is 65.7 Å². The van der Waals surface area contributed by atoms with E-state index < -0.39 is 5.97 Å². The Kier molecular flexibility index (Phi) is 4.93. The van der Waals surface area contributed by atoms with Crippen LogP contribution >= 0.6 is 0 Å². The van der Waals surface area contributed by atoms with Gasteiger partial charge in [-0.1, -0.05) is 30.3 Å². The molecule has 0 radical (unpaired) electrons. The lowest BCUT2D eigenvalue weighted by molar-refractivity contribution is 0.0697. The van der Waals surface area contributed by atoms with Crippen LogP contribution in [0.15, 0.2) is 54.6 Å². The minimum Gasteiger partial charge on any atom is -0.478 e. The smallest absolute Gasteiger partial charge is 0.335 e. The normalized spacial score (nSPS) is 15.3. The second kappa shape index (κ2) is 7.29. The van der Waals surface area contributed by atoms with Gasteiger partial charge in [0.05, 0.1) is 5.56 Å². The molecule has 4 nitrogen and oxygen atoms in total. The summed E-state index contributed by atoms with van der Waals surface area (Å²) in [5.41, 5.74) is 2.69. The minimum atomic E-state index is -0.881. The van der Waals surface area contributed by atoms with Crippen LogP contribution in [0.4, 0.5) is 5.69 Å². The molecule has 0 amide bonds. The number of hydrogen-bond acceptors (Lipinski definition) is 3. The number of benzene rings is 2. The molecule has 1 saturated heterocycles. The summed E-state index contributed by atoms with van der Waals surface area (Å²) in [5.74, 6) is -0.881. The number of piperidine rings is 1. The van der Waals surface area contributed by atoms with E-state index in [1.807, 2.05) is 18.2 Å². The Morgan fingerprint density at radius 3 is 2.30 bits per heavy atom. The predicted molar refractivity (Wildman–Crippen MR) is 91.9 cm³/mol. The first kappa shape index (κ1) is 15.6. The van der Waals surface area contributed by atoms with Gasteiger partial charge in [0.25, 0.3) is 0 Å². The highest BCUT2D eigenvalue weighted by molar-refractivity contribution is 5.88. The first-order chi connectivity index (χ1) is 11.2. The Bertz CT molecular complexity index is 634. The zero-order valence-corrected chi connectivity index (χ0v) is 13.1. The van der Waals surface area contributed by atoms with Gasteiger partial charge in [-0.15, -0.1) is 0 Å². The second-order valence-corrected chi connectivity index (χ2v) is 5.95. The van der Waals surface area contributed by atoms with Crippen LogP contribution < -0.4 is 10.2 Å². The highest BCUT2D eigenvalue weighted by Gasteiger charge is 2.21. The number of nitrogens with zero attached hydrogens (tertiary/aromatic N) is 1. The summed E-state index contributed by atoms with van der Waals surface area (Å²) in [6.07, 6.45) is 2.21. The molecule has 1 aliphatic rings. The van der Waals surface area contributed by atoms with Gasteiger partial charge < -0.3 is 15.3 Å². The van der Waals surface area contributed by atoms with E-state index in [1.165, 1.54) is 5.56 Å². The topological polar surface area (TPSA) is 52.6 Å². The third-order valence-corrected chi connectivity index (χ3v) is 4.39. The number of rotatable bonds is 5. The van der Waals surface area contributed by atoms with E-state index >= 15 is 0 Å². The number of aromatic carboxylic acids is 1. The Hall–Kier alpha value is -2.33. The Morgan fingerprint density at radius 2 is 1.70 bits per heavy atom. The molecule has 0 atom stereocenters. The fourth-order valence-corrected chi connectivity index (χ4v) is 3.13. The molecule has 2 aromatic carbocycles. The highest BCUT2D eigenvalue weighted by Crippen LogP contribution is 2.24. The van der Waals surface area contributed by atoms with Crippen LogP contribution in [0.5, 0.6) is 0 Å². The summed E-state index contributed by atoms with van der Waals surface area (Å²) in [6, 6.07) is 18.1. The molecule has 2 aromatic rings. The van der Waals surface area contributed by atoms with Gasteiger partial charge in [0, 0.05) is 18.3 Å². The molecule has 4 heteroatoms. The van der Waals surface area contributed by atoms with Crippen LogP contribution in [-0.4, -0.2) is 30.2 Å². The molecule has 0 spiro atoms. The number of nitrogens with one attached hydrogen (secondary N) is 1. The Labute approximate surface area is 136 Å². The van der Waals surface area contributed by atoms with Gasteiger partial charge in [-0.3, -0.25) is 0 Å². The van der Waals surface area contributed by atoms with E-state index in [1.54, 1.807) is 12.1 Å². The van der Waals surface area contributed by atoms with Crippen LogP contribution in [-0.2, 0) is 6.54 Å². The lowest BCUT2D eigenvalue weighted by Crippen LogP contribution is -2.43. The largest absolute Gasteiger partial charge is 0.478 e. The molecular weight excluding hydrogens is 288 g/mol. The van der Waals surface area contributed by atoms with Gasteiger partial charge in [0.1, 0.15) is 0 Å². The zero-order valence-electron chi connectivity index (χ0n) is 13.1. The molecule has 2 N–H and O–H groups in total. The quantitative estimate of drug-likeness (QED) is 0.891. The maximum atomic E-state index is 11.1. The monoisotopic (exact) mass is 310 g/mol. The number of carboxylic acid groups (broad SMARTS) is 1. The van der Waals surface area contributed by atoms with E-state index in [2.05, 4.69) is 34.5 Å².